The maximum atomic E-state index is 13.5. The number of primary amides is 1. The van der Waals surface area contributed by atoms with E-state index in [2.05, 4.69) is 5.32 Å². The molecule has 1 aliphatic heterocycles. The first kappa shape index (κ1) is 17.3. The smallest absolute Gasteiger partial charge is 0.255 e. The summed E-state index contributed by atoms with van der Waals surface area (Å²) in [6, 6.07) is 9.39. The van der Waals surface area contributed by atoms with Crippen molar-refractivity contribution in [3.63, 3.8) is 0 Å². The molecular weight excluding hydrogens is 341 g/mol. The molecule has 0 bridgehead atoms. The molecule has 0 spiro atoms. The van der Waals surface area contributed by atoms with Gasteiger partial charge in [-0.3, -0.25) is 24.1 Å². The number of nitrogens with two attached hydrogens (primary N) is 1. The van der Waals surface area contributed by atoms with Crippen LogP contribution in [0, 0.1) is 5.82 Å². The molecule has 132 valence electrons. The zero-order valence-corrected chi connectivity index (χ0v) is 13.5. The van der Waals surface area contributed by atoms with E-state index in [1.807, 2.05) is 0 Å². The average Bonchev–Trinajstić information content (AvgIpc) is 2.95. The van der Waals surface area contributed by atoms with Crippen LogP contribution in [0.1, 0.15) is 33.6 Å². The number of hydrogen-bond donors (Lipinski definition) is 2. The van der Waals surface area contributed by atoms with Crippen LogP contribution in [0.15, 0.2) is 42.5 Å². The van der Waals surface area contributed by atoms with Crippen LogP contribution in [0.3, 0.4) is 0 Å². The van der Waals surface area contributed by atoms with Crippen LogP contribution in [0.2, 0.25) is 0 Å². The number of amides is 4. The summed E-state index contributed by atoms with van der Waals surface area (Å²) in [7, 11) is 0. The number of imide groups is 1. The molecule has 0 aromatic heterocycles. The molecule has 7 nitrogen and oxygen atoms in total. The lowest BCUT2D eigenvalue weighted by Crippen LogP contribution is -2.28. The van der Waals surface area contributed by atoms with Crippen molar-refractivity contribution in [1.29, 1.82) is 0 Å². The number of halogens is 1. The van der Waals surface area contributed by atoms with Crippen molar-refractivity contribution in [3.05, 3.63) is 59.4 Å². The van der Waals surface area contributed by atoms with Crippen LogP contribution in [0.4, 0.5) is 15.8 Å². The van der Waals surface area contributed by atoms with Gasteiger partial charge in [0.15, 0.2) is 0 Å². The van der Waals surface area contributed by atoms with Gasteiger partial charge in [0.2, 0.25) is 11.8 Å². The van der Waals surface area contributed by atoms with Gasteiger partial charge in [0.1, 0.15) is 5.82 Å². The molecule has 0 atom stereocenters. The summed E-state index contributed by atoms with van der Waals surface area (Å²) in [5.41, 5.74) is 5.61. The molecule has 8 heteroatoms. The zero-order chi connectivity index (χ0) is 18.8. The highest BCUT2D eigenvalue weighted by Gasteiger charge is 2.30. The average molecular weight is 355 g/mol. The Morgan fingerprint density at radius 1 is 1.00 bits per heavy atom. The maximum Gasteiger partial charge on any atom is 0.255 e. The Labute approximate surface area is 147 Å². The second kappa shape index (κ2) is 6.75. The molecule has 1 heterocycles. The number of nitrogens with one attached hydrogen (secondary N) is 1. The van der Waals surface area contributed by atoms with Gasteiger partial charge in [-0.1, -0.05) is 0 Å². The second-order valence-electron chi connectivity index (χ2n) is 5.68. The summed E-state index contributed by atoms with van der Waals surface area (Å²) >= 11 is 0. The predicted octanol–water partition coefficient (Wildman–Crippen LogP) is 1.83. The molecule has 0 radical (unpaired) electrons. The highest BCUT2D eigenvalue weighted by molar-refractivity contribution is 6.20. The number of rotatable bonds is 4. The normalized spacial score (nSPS) is 13.8. The fourth-order valence-corrected chi connectivity index (χ4v) is 2.62. The predicted molar refractivity (Wildman–Crippen MR) is 91.0 cm³/mol. The molecule has 3 rings (SSSR count). The number of benzene rings is 2. The number of nitrogens with zero attached hydrogens (tertiary/aromatic N) is 1. The van der Waals surface area contributed by atoms with Gasteiger partial charge in [0.25, 0.3) is 11.8 Å². The van der Waals surface area contributed by atoms with E-state index in [9.17, 15) is 23.6 Å². The van der Waals surface area contributed by atoms with E-state index in [4.69, 9.17) is 5.73 Å². The van der Waals surface area contributed by atoms with Crippen LogP contribution >= 0.6 is 0 Å². The summed E-state index contributed by atoms with van der Waals surface area (Å²) in [5.74, 6) is -2.78. The SMILES string of the molecule is NC(=O)c1cc(NC(=O)c2ccc(N3C(=O)CCC3=O)cc2)ccc1F. The first-order valence-corrected chi connectivity index (χ1v) is 7.73. The summed E-state index contributed by atoms with van der Waals surface area (Å²) in [6.07, 6.45) is 0.349. The molecule has 1 fully saturated rings. The minimum Gasteiger partial charge on any atom is -0.366 e. The fraction of sp³-hybridized carbons (Fsp3) is 0.111. The Hall–Kier alpha value is -3.55. The zero-order valence-electron chi connectivity index (χ0n) is 13.5. The molecule has 1 aliphatic rings. The minimum absolute atomic E-state index is 0.174. The van der Waals surface area contributed by atoms with Gasteiger partial charge in [-0.2, -0.15) is 0 Å². The van der Waals surface area contributed by atoms with E-state index < -0.39 is 17.6 Å². The monoisotopic (exact) mass is 355 g/mol. The van der Waals surface area contributed by atoms with Gasteiger partial charge in [0, 0.05) is 24.1 Å². The van der Waals surface area contributed by atoms with E-state index in [0.29, 0.717) is 5.69 Å². The molecule has 26 heavy (non-hydrogen) atoms. The summed E-state index contributed by atoms with van der Waals surface area (Å²) in [4.78, 5) is 47.9. The van der Waals surface area contributed by atoms with Crippen molar-refractivity contribution in [2.75, 3.05) is 10.2 Å². The third kappa shape index (κ3) is 3.30. The lowest BCUT2D eigenvalue weighted by Gasteiger charge is -2.14. The number of hydrogen-bond acceptors (Lipinski definition) is 4. The summed E-state index contributed by atoms with van der Waals surface area (Å²) in [5, 5.41) is 2.53. The Bertz CT molecular complexity index is 909. The van der Waals surface area contributed by atoms with Crippen LogP contribution in [0.25, 0.3) is 0 Å². The van der Waals surface area contributed by atoms with Gasteiger partial charge in [-0.05, 0) is 42.5 Å². The third-order valence-electron chi connectivity index (χ3n) is 3.93. The van der Waals surface area contributed by atoms with Crippen LogP contribution in [-0.4, -0.2) is 23.6 Å². The molecule has 2 aromatic carbocycles. The van der Waals surface area contributed by atoms with E-state index in [1.165, 1.54) is 30.3 Å². The Balaban J connectivity index is 1.77. The maximum absolute atomic E-state index is 13.5. The highest BCUT2D eigenvalue weighted by atomic mass is 19.1. The first-order chi connectivity index (χ1) is 12.4. The van der Waals surface area contributed by atoms with Gasteiger partial charge in [0.05, 0.1) is 11.3 Å². The van der Waals surface area contributed by atoms with Crippen LogP contribution in [-0.2, 0) is 9.59 Å². The van der Waals surface area contributed by atoms with Crippen molar-refractivity contribution in [2.45, 2.75) is 12.8 Å². The molecule has 1 saturated heterocycles. The standard InChI is InChI=1S/C18H14FN3O4/c19-14-6-3-11(9-13(14)17(20)25)21-18(26)10-1-4-12(5-2-10)22-15(23)7-8-16(22)24/h1-6,9H,7-8H2,(H2,20,25)(H,21,26). The summed E-state index contributed by atoms with van der Waals surface area (Å²) < 4.78 is 13.5. The van der Waals surface area contributed by atoms with Crippen molar-refractivity contribution in [2.24, 2.45) is 5.73 Å². The first-order valence-electron chi connectivity index (χ1n) is 7.73. The van der Waals surface area contributed by atoms with Gasteiger partial charge in [-0.15, -0.1) is 0 Å². The minimum atomic E-state index is -0.942. The van der Waals surface area contributed by atoms with Crippen LogP contribution in [0.5, 0.6) is 0 Å². The molecule has 4 amide bonds. The molecular formula is C18H14FN3O4. The quantitative estimate of drug-likeness (QED) is 0.815. The molecule has 2 aromatic rings. The molecule has 3 N–H and O–H groups in total. The molecule has 0 unspecified atom stereocenters. The lowest BCUT2D eigenvalue weighted by atomic mass is 10.1. The van der Waals surface area contributed by atoms with E-state index in [-0.39, 0.29) is 41.5 Å². The van der Waals surface area contributed by atoms with Gasteiger partial charge >= 0.3 is 0 Å². The van der Waals surface area contributed by atoms with Crippen molar-refractivity contribution < 1.29 is 23.6 Å². The third-order valence-corrected chi connectivity index (χ3v) is 3.93. The van der Waals surface area contributed by atoms with E-state index in [1.54, 1.807) is 0 Å². The Kier molecular flexibility index (Phi) is 4.49. The summed E-state index contributed by atoms with van der Waals surface area (Å²) in [6.45, 7) is 0. The number of anilines is 2. The van der Waals surface area contributed by atoms with Crippen LogP contribution < -0.4 is 16.0 Å². The number of carbonyl (C=O) groups is 4. The van der Waals surface area contributed by atoms with Crippen molar-refractivity contribution in [1.82, 2.24) is 0 Å². The second-order valence-corrected chi connectivity index (χ2v) is 5.68. The highest BCUT2D eigenvalue weighted by Crippen LogP contribution is 2.23. The van der Waals surface area contributed by atoms with E-state index >= 15 is 0 Å². The molecule has 0 aliphatic carbocycles. The topological polar surface area (TPSA) is 110 Å². The Morgan fingerprint density at radius 3 is 2.19 bits per heavy atom. The van der Waals surface area contributed by atoms with Gasteiger partial charge in [-0.25, -0.2) is 4.39 Å². The van der Waals surface area contributed by atoms with Crippen molar-refractivity contribution >= 4 is 35.0 Å². The van der Waals surface area contributed by atoms with Crippen molar-refractivity contribution in [3.8, 4) is 0 Å². The number of carbonyl (C=O) groups excluding carboxylic acids is 4. The largest absolute Gasteiger partial charge is 0.366 e. The van der Waals surface area contributed by atoms with E-state index in [0.717, 1.165) is 17.0 Å². The molecule has 0 saturated carbocycles. The van der Waals surface area contributed by atoms with Gasteiger partial charge < -0.3 is 11.1 Å². The Morgan fingerprint density at radius 2 is 1.62 bits per heavy atom. The fourth-order valence-electron chi connectivity index (χ4n) is 2.62. The lowest BCUT2D eigenvalue weighted by molar-refractivity contribution is -0.121.